The van der Waals surface area contributed by atoms with Crippen LogP contribution in [0.3, 0.4) is 0 Å². The molecule has 0 aliphatic heterocycles. The van der Waals surface area contributed by atoms with Crippen LogP contribution in [0.25, 0.3) is 16.6 Å². The maximum Gasteiger partial charge on any atom is 0.308 e. The molecule has 0 unspecified atom stereocenters. The van der Waals surface area contributed by atoms with E-state index < -0.39 is 5.97 Å². The molecule has 0 saturated heterocycles. The van der Waals surface area contributed by atoms with Gasteiger partial charge in [-0.3, -0.25) is 9.59 Å². The van der Waals surface area contributed by atoms with Crippen molar-refractivity contribution < 1.29 is 19.1 Å². The van der Waals surface area contributed by atoms with E-state index in [1.54, 1.807) is 31.4 Å². The Morgan fingerprint density at radius 3 is 2.17 bits per heavy atom. The Hall–Kier alpha value is -3.86. The van der Waals surface area contributed by atoms with Gasteiger partial charge in [0.1, 0.15) is 11.5 Å². The van der Waals surface area contributed by atoms with E-state index in [-0.39, 0.29) is 5.78 Å². The number of methoxy groups -OCH3 is 1. The lowest BCUT2D eigenvalue weighted by atomic mass is 10.0. The third kappa shape index (κ3) is 3.46. The smallest absolute Gasteiger partial charge is 0.308 e. The van der Waals surface area contributed by atoms with Crippen molar-refractivity contribution in [2.24, 2.45) is 0 Å². The number of ketones is 1. The summed E-state index contributed by atoms with van der Waals surface area (Å²) in [6.45, 7) is 3.28. The van der Waals surface area contributed by atoms with Gasteiger partial charge in [0.15, 0.2) is 5.78 Å². The number of ether oxygens (including phenoxy) is 2. The van der Waals surface area contributed by atoms with Crippen LogP contribution < -0.4 is 9.47 Å². The first-order valence-electron chi connectivity index (χ1n) is 9.57. The molecule has 0 aliphatic carbocycles. The predicted molar refractivity (Wildman–Crippen MR) is 116 cm³/mol. The fourth-order valence-electron chi connectivity index (χ4n) is 3.71. The lowest BCUT2D eigenvalue weighted by Gasteiger charge is -2.10. The van der Waals surface area contributed by atoms with Crippen molar-refractivity contribution in [1.29, 1.82) is 0 Å². The minimum atomic E-state index is -0.406. The number of aromatic nitrogens is 1. The number of rotatable bonds is 5. The normalized spacial score (nSPS) is 10.8. The van der Waals surface area contributed by atoms with E-state index in [9.17, 15) is 9.59 Å². The Labute approximate surface area is 174 Å². The van der Waals surface area contributed by atoms with E-state index in [4.69, 9.17) is 9.47 Å². The van der Waals surface area contributed by atoms with Crippen molar-refractivity contribution in [3.63, 3.8) is 0 Å². The quantitative estimate of drug-likeness (QED) is 0.266. The number of nitrogens with zero attached hydrogens (tertiary/aromatic N) is 1. The fourth-order valence-corrected chi connectivity index (χ4v) is 3.71. The van der Waals surface area contributed by atoms with Gasteiger partial charge in [-0.2, -0.15) is 0 Å². The molecule has 150 valence electrons. The first kappa shape index (κ1) is 19.5. The molecule has 0 N–H and O–H groups in total. The van der Waals surface area contributed by atoms with Gasteiger partial charge in [-0.15, -0.1) is 0 Å². The van der Waals surface area contributed by atoms with Gasteiger partial charge in [-0.05, 0) is 49.4 Å². The zero-order valence-corrected chi connectivity index (χ0v) is 17.0. The Morgan fingerprint density at radius 1 is 0.867 bits per heavy atom. The lowest BCUT2D eigenvalue weighted by molar-refractivity contribution is -0.131. The maximum absolute atomic E-state index is 13.4. The van der Waals surface area contributed by atoms with Gasteiger partial charge in [0.05, 0.1) is 18.2 Å². The van der Waals surface area contributed by atoms with Crippen molar-refractivity contribution in [3.05, 3.63) is 89.6 Å². The van der Waals surface area contributed by atoms with Gasteiger partial charge < -0.3 is 14.0 Å². The highest BCUT2D eigenvalue weighted by Crippen LogP contribution is 2.34. The van der Waals surface area contributed by atoms with Gasteiger partial charge in [0.25, 0.3) is 0 Å². The molecule has 0 spiro atoms. The Kier molecular flexibility index (Phi) is 5.11. The third-order valence-corrected chi connectivity index (χ3v) is 5.03. The molecule has 0 aliphatic rings. The van der Waals surface area contributed by atoms with Crippen LogP contribution in [0.1, 0.15) is 28.5 Å². The number of hydrogen-bond donors (Lipinski definition) is 0. The molecule has 0 bridgehead atoms. The molecule has 0 saturated carbocycles. The zero-order chi connectivity index (χ0) is 21.3. The molecule has 1 aromatic heterocycles. The summed E-state index contributed by atoms with van der Waals surface area (Å²) in [5, 5.41) is 0.732. The van der Waals surface area contributed by atoms with E-state index in [1.165, 1.54) is 6.92 Å². The maximum atomic E-state index is 13.4. The molecular formula is C25H21NO4. The first-order valence-corrected chi connectivity index (χ1v) is 9.57. The monoisotopic (exact) mass is 399 g/mol. The van der Waals surface area contributed by atoms with Crippen molar-refractivity contribution in [2.75, 3.05) is 7.11 Å². The number of fused-ring (bicyclic) bond motifs is 1. The highest BCUT2D eigenvalue weighted by Gasteiger charge is 2.22. The molecule has 5 nitrogen and oxygen atoms in total. The second kappa shape index (κ2) is 7.87. The molecule has 5 heteroatoms. The Bertz CT molecular complexity index is 1240. The molecule has 0 amide bonds. The van der Waals surface area contributed by atoms with Crippen LogP contribution in [0.2, 0.25) is 0 Å². The number of hydrogen-bond acceptors (Lipinski definition) is 4. The Morgan fingerprint density at radius 2 is 1.53 bits per heavy atom. The van der Waals surface area contributed by atoms with Gasteiger partial charge in [-0.1, -0.05) is 30.3 Å². The summed E-state index contributed by atoms with van der Waals surface area (Å²) in [6.07, 6.45) is 0. The molecule has 4 aromatic rings. The molecule has 30 heavy (non-hydrogen) atoms. The van der Waals surface area contributed by atoms with Crippen molar-refractivity contribution >= 4 is 22.7 Å². The fraction of sp³-hybridized carbons (Fsp3) is 0.120. The van der Waals surface area contributed by atoms with Gasteiger partial charge in [-0.25, -0.2) is 0 Å². The second-order valence-corrected chi connectivity index (χ2v) is 6.96. The molecule has 4 rings (SSSR count). The highest BCUT2D eigenvalue weighted by atomic mass is 16.5. The van der Waals surface area contributed by atoms with Crippen LogP contribution in [-0.4, -0.2) is 23.4 Å². The summed E-state index contributed by atoms with van der Waals surface area (Å²) in [5.74, 6) is 0.677. The van der Waals surface area contributed by atoms with Gasteiger partial charge >= 0.3 is 5.97 Å². The second-order valence-electron chi connectivity index (χ2n) is 6.96. The molecule has 0 radical (unpaired) electrons. The molecule has 0 fully saturated rings. The van der Waals surface area contributed by atoms with Crippen LogP contribution in [-0.2, 0) is 4.79 Å². The van der Waals surface area contributed by atoms with Crippen LogP contribution in [0.4, 0.5) is 0 Å². The predicted octanol–water partition coefficient (Wildman–Crippen LogP) is 5.10. The average molecular weight is 399 g/mol. The van der Waals surface area contributed by atoms with Gasteiger partial charge in [0.2, 0.25) is 0 Å². The minimum Gasteiger partial charge on any atom is -0.497 e. The summed E-state index contributed by atoms with van der Waals surface area (Å²) in [5.41, 5.74) is 3.76. The topological polar surface area (TPSA) is 57.5 Å². The third-order valence-electron chi connectivity index (χ3n) is 5.03. The number of esters is 1. The standard InChI is InChI=1S/C25H21NO4/c1-16-24(25(28)18-7-5-4-6-8-18)22-15-21(30-17(2)27)13-14-23(22)26(16)19-9-11-20(29-3)12-10-19/h4-15H,1-3H3. The van der Waals surface area contributed by atoms with E-state index in [0.717, 1.165) is 28.0 Å². The summed E-state index contributed by atoms with van der Waals surface area (Å²) in [7, 11) is 1.62. The van der Waals surface area contributed by atoms with Gasteiger partial charge in [0, 0.05) is 29.3 Å². The Balaban J connectivity index is 1.97. The van der Waals surface area contributed by atoms with E-state index in [0.29, 0.717) is 16.9 Å². The SMILES string of the molecule is COc1ccc(-n2c(C)c(C(=O)c3ccccc3)c3cc(OC(C)=O)ccc32)cc1. The molecular weight excluding hydrogens is 378 g/mol. The van der Waals surface area contributed by atoms with E-state index >= 15 is 0 Å². The molecule has 1 heterocycles. The van der Waals surface area contributed by atoms with Crippen molar-refractivity contribution in [2.45, 2.75) is 13.8 Å². The van der Waals surface area contributed by atoms with Crippen LogP contribution in [0, 0.1) is 6.92 Å². The number of carbonyl (C=O) groups is 2. The summed E-state index contributed by atoms with van der Waals surface area (Å²) in [4.78, 5) is 24.9. The largest absolute Gasteiger partial charge is 0.497 e. The van der Waals surface area contributed by atoms with E-state index in [1.807, 2.05) is 60.0 Å². The van der Waals surface area contributed by atoms with Crippen molar-refractivity contribution in [1.82, 2.24) is 4.57 Å². The number of benzene rings is 3. The zero-order valence-electron chi connectivity index (χ0n) is 17.0. The van der Waals surface area contributed by atoms with E-state index in [2.05, 4.69) is 0 Å². The summed E-state index contributed by atoms with van der Waals surface area (Å²) in [6, 6.07) is 22.2. The summed E-state index contributed by atoms with van der Waals surface area (Å²) >= 11 is 0. The molecule has 0 atom stereocenters. The minimum absolute atomic E-state index is 0.0784. The van der Waals surface area contributed by atoms with Crippen molar-refractivity contribution in [3.8, 4) is 17.2 Å². The van der Waals surface area contributed by atoms with Crippen LogP contribution >= 0.6 is 0 Å². The molecule has 3 aromatic carbocycles. The van der Waals surface area contributed by atoms with Crippen LogP contribution in [0.5, 0.6) is 11.5 Å². The highest BCUT2D eigenvalue weighted by molar-refractivity contribution is 6.18. The number of carbonyl (C=O) groups excluding carboxylic acids is 2. The first-order chi connectivity index (χ1) is 14.5. The average Bonchev–Trinajstić information content (AvgIpc) is 3.04. The lowest BCUT2D eigenvalue weighted by Crippen LogP contribution is -2.04. The summed E-state index contributed by atoms with van der Waals surface area (Å²) < 4.78 is 12.6. The van der Waals surface area contributed by atoms with Crippen LogP contribution in [0.15, 0.2) is 72.8 Å².